The molecule has 1 aromatic heterocycles. The number of anilines is 1. The van der Waals surface area contributed by atoms with Gasteiger partial charge in [0.05, 0.1) is 11.9 Å². The summed E-state index contributed by atoms with van der Waals surface area (Å²) in [6.45, 7) is 5.05. The van der Waals surface area contributed by atoms with Crippen molar-refractivity contribution in [3.8, 4) is 0 Å². The van der Waals surface area contributed by atoms with E-state index in [-0.39, 0.29) is 22.6 Å². The molecule has 0 spiro atoms. The number of aryl methyl sites for hydroxylation is 1. The van der Waals surface area contributed by atoms with Gasteiger partial charge in [-0.2, -0.15) is 5.10 Å². The van der Waals surface area contributed by atoms with E-state index in [1.54, 1.807) is 13.2 Å². The summed E-state index contributed by atoms with van der Waals surface area (Å²) in [5, 5.41) is 16.0. The second-order valence-corrected chi connectivity index (χ2v) is 5.52. The van der Waals surface area contributed by atoms with E-state index in [1.807, 2.05) is 0 Å². The average molecular weight is 274 g/mol. The van der Waals surface area contributed by atoms with Crippen LogP contribution in [0, 0.1) is 5.41 Å². The summed E-state index contributed by atoms with van der Waals surface area (Å²) in [6.07, 6.45) is 3.20. The maximum absolute atomic E-state index is 11.6. The van der Waals surface area contributed by atoms with E-state index in [0.29, 0.717) is 12.2 Å². The lowest BCUT2D eigenvalue weighted by Gasteiger charge is -2.25. The smallest absolute Gasteiger partial charge is 0.287 e. The van der Waals surface area contributed by atoms with Gasteiger partial charge in [0.1, 0.15) is 5.02 Å². The summed E-state index contributed by atoms with van der Waals surface area (Å²) < 4.78 is 1.20. The van der Waals surface area contributed by atoms with E-state index in [4.69, 9.17) is 16.7 Å². The molecule has 0 radical (unpaired) electrons. The first-order chi connectivity index (χ1) is 8.37. The van der Waals surface area contributed by atoms with E-state index in [0.717, 1.165) is 12.8 Å². The van der Waals surface area contributed by atoms with Gasteiger partial charge in [-0.3, -0.25) is 4.79 Å². The van der Waals surface area contributed by atoms with Crippen molar-refractivity contribution >= 4 is 17.3 Å². The van der Waals surface area contributed by atoms with Crippen molar-refractivity contribution in [1.29, 1.82) is 0 Å². The van der Waals surface area contributed by atoms with Gasteiger partial charge >= 0.3 is 0 Å². The highest BCUT2D eigenvalue weighted by Crippen LogP contribution is 2.24. The number of nitrogens with zero attached hydrogens (tertiary/aromatic N) is 2. The second kappa shape index (κ2) is 6.20. The van der Waals surface area contributed by atoms with Crippen LogP contribution in [-0.2, 0) is 7.05 Å². The molecule has 0 atom stereocenters. The summed E-state index contributed by atoms with van der Waals surface area (Å²) in [4.78, 5) is 11.6. The van der Waals surface area contributed by atoms with Crippen LogP contribution in [-0.4, -0.2) is 28.0 Å². The lowest BCUT2D eigenvalue weighted by Crippen LogP contribution is -2.26. The molecule has 0 amide bonds. The van der Waals surface area contributed by atoms with Crippen LogP contribution < -0.4 is 10.9 Å². The summed E-state index contributed by atoms with van der Waals surface area (Å²) in [5.74, 6) is 0. The Morgan fingerprint density at radius 3 is 2.83 bits per heavy atom. The van der Waals surface area contributed by atoms with Crippen molar-refractivity contribution in [3.63, 3.8) is 0 Å². The highest BCUT2D eigenvalue weighted by Gasteiger charge is 2.18. The highest BCUT2D eigenvalue weighted by atomic mass is 35.5. The molecule has 0 bridgehead atoms. The first kappa shape index (κ1) is 15.0. The number of hydrogen-bond acceptors (Lipinski definition) is 4. The summed E-state index contributed by atoms with van der Waals surface area (Å²) in [6, 6.07) is 0. The Balaban J connectivity index is 2.69. The van der Waals surface area contributed by atoms with Crippen LogP contribution in [0.5, 0.6) is 0 Å². The zero-order valence-corrected chi connectivity index (χ0v) is 11.8. The predicted octanol–water partition coefficient (Wildman–Crippen LogP) is 1.64. The molecule has 5 nitrogen and oxygen atoms in total. The molecule has 0 unspecified atom stereocenters. The van der Waals surface area contributed by atoms with Gasteiger partial charge in [-0.1, -0.05) is 25.4 Å². The number of hydrogen-bond donors (Lipinski definition) is 2. The third-order valence-electron chi connectivity index (χ3n) is 2.85. The van der Waals surface area contributed by atoms with Crippen molar-refractivity contribution in [2.24, 2.45) is 12.5 Å². The van der Waals surface area contributed by atoms with Gasteiger partial charge in [0.25, 0.3) is 5.56 Å². The number of rotatable bonds is 6. The van der Waals surface area contributed by atoms with Crippen molar-refractivity contribution in [2.45, 2.75) is 26.7 Å². The van der Waals surface area contributed by atoms with Crippen LogP contribution in [0.25, 0.3) is 0 Å². The molecule has 0 aliphatic carbocycles. The van der Waals surface area contributed by atoms with Crippen molar-refractivity contribution in [3.05, 3.63) is 21.6 Å². The molecule has 0 aliphatic rings. The molecule has 1 aromatic rings. The minimum Gasteiger partial charge on any atom is -0.396 e. The molecule has 18 heavy (non-hydrogen) atoms. The Morgan fingerprint density at radius 2 is 2.22 bits per heavy atom. The van der Waals surface area contributed by atoms with Gasteiger partial charge in [-0.15, -0.1) is 0 Å². The van der Waals surface area contributed by atoms with Crippen molar-refractivity contribution < 1.29 is 5.11 Å². The van der Waals surface area contributed by atoms with Gasteiger partial charge in [-0.05, 0) is 18.3 Å². The fraction of sp³-hybridized carbons (Fsp3) is 0.667. The van der Waals surface area contributed by atoms with Crippen LogP contribution >= 0.6 is 11.6 Å². The van der Waals surface area contributed by atoms with Crippen LogP contribution in [0.3, 0.4) is 0 Å². The molecule has 0 saturated heterocycles. The zero-order chi connectivity index (χ0) is 13.8. The molecule has 0 fully saturated rings. The molecule has 0 aromatic carbocycles. The minimum atomic E-state index is -0.310. The predicted molar refractivity (Wildman–Crippen MR) is 73.1 cm³/mol. The average Bonchev–Trinajstić information content (AvgIpc) is 2.33. The lowest BCUT2D eigenvalue weighted by molar-refractivity contribution is 0.248. The largest absolute Gasteiger partial charge is 0.396 e. The molecular formula is C12H20ClN3O2. The second-order valence-electron chi connectivity index (χ2n) is 5.15. The normalized spacial score (nSPS) is 11.6. The summed E-state index contributed by atoms with van der Waals surface area (Å²) in [5.41, 5.74) is 0.263. The minimum absolute atomic E-state index is 0.0210. The molecular weight excluding hydrogens is 254 g/mol. The molecule has 0 saturated carbocycles. The molecule has 102 valence electrons. The van der Waals surface area contributed by atoms with Crippen LogP contribution in [0.2, 0.25) is 5.02 Å². The number of nitrogens with one attached hydrogen (secondary N) is 1. The third-order valence-corrected chi connectivity index (χ3v) is 3.21. The van der Waals surface area contributed by atoms with E-state index in [1.165, 1.54) is 4.68 Å². The fourth-order valence-corrected chi connectivity index (χ4v) is 1.85. The van der Waals surface area contributed by atoms with Gasteiger partial charge in [0.2, 0.25) is 0 Å². The van der Waals surface area contributed by atoms with Crippen LogP contribution in [0.15, 0.2) is 11.0 Å². The quantitative estimate of drug-likeness (QED) is 0.827. The number of aromatic nitrogens is 2. The Labute approximate surface area is 112 Å². The maximum atomic E-state index is 11.6. The van der Waals surface area contributed by atoms with E-state index in [2.05, 4.69) is 24.3 Å². The Kier molecular flexibility index (Phi) is 5.16. The Hall–Kier alpha value is -1.07. The topological polar surface area (TPSA) is 67.2 Å². The number of aliphatic hydroxyl groups excluding tert-OH is 1. The van der Waals surface area contributed by atoms with Crippen molar-refractivity contribution in [1.82, 2.24) is 9.78 Å². The van der Waals surface area contributed by atoms with Gasteiger partial charge < -0.3 is 10.4 Å². The Morgan fingerprint density at radius 1 is 1.56 bits per heavy atom. The van der Waals surface area contributed by atoms with Crippen LogP contribution in [0.4, 0.5) is 5.69 Å². The highest BCUT2D eigenvalue weighted by molar-refractivity contribution is 6.32. The van der Waals surface area contributed by atoms with E-state index >= 15 is 0 Å². The molecule has 1 rings (SSSR count). The van der Waals surface area contributed by atoms with Crippen molar-refractivity contribution in [2.75, 3.05) is 18.5 Å². The zero-order valence-electron chi connectivity index (χ0n) is 11.0. The van der Waals surface area contributed by atoms with E-state index < -0.39 is 0 Å². The van der Waals surface area contributed by atoms with E-state index in [9.17, 15) is 4.79 Å². The molecule has 0 aliphatic heterocycles. The number of halogens is 1. The first-order valence-corrected chi connectivity index (χ1v) is 6.32. The molecule has 1 heterocycles. The molecule has 2 N–H and O–H groups in total. The standard InChI is InChI=1S/C12H20ClN3O2/c1-12(2,5-4-6-17)8-14-9-7-15-16(3)11(18)10(9)13/h7,14,17H,4-6,8H2,1-3H3. The van der Waals surface area contributed by atoms with Gasteiger partial charge in [0, 0.05) is 20.2 Å². The monoisotopic (exact) mass is 273 g/mol. The molecule has 6 heteroatoms. The Bertz CT molecular complexity index is 457. The summed E-state index contributed by atoms with van der Waals surface area (Å²) in [7, 11) is 1.56. The third kappa shape index (κ3) is 3.99. The maximum Gasteiger partial charge on any atom is 0.287 e. The van der Waals surface area contributed by atoms with Gasteiger partial charge in [0.15, 0.2) is 0 Å². The number of aliphatic hydroxyl groups is 1. The SMILES string of the molecule is Cn1ncc(NCC(C)(C)CCCO)c(Cl)c1=O. The van der Waals surface area contributed by atoms with Gasteiger partial charge in [-0.25, -0.2) is 4.68 Å². The lowest BCUT2D eigenvalue weighted by atomic mass is 9.88. The summed E-state index contributed by atoms with van der Waals surface area (Å²) >= 11 is 5.96. The fourth-order valence-electron chi connectivity index (χ4n) is 1.61. The first-order valence-electron chi connectivity index (χ1n) is 5.94. The van der Waals surface area contributed by atoms with Crippen LogP contribution in [0.1, 0.15) is 26.7 Å².